The predicted octanol–water partition coefficient (Wildman–Crippen LogP) is 2.41. The minimum Gasteiger partial charge on any atom is -0.323 e. The Hall–Kier alpha value is -2.52. The molecule has 1 unspecified atom stereocenters. The highest BCUT2D eigenvalue weighted by Gasteiger charge is 2.29. The van der Waals surface area contributed by atoms with Crippen LogP contribution in [0.3, 0.4) is 0 Å². The quantitative estimate of drug-likeness (QED) is 0.594. The molecule has 0 amide bonds. The molecule has 0 aliphatic heterocycles. The third kappa shape index (κ3) is 2.30. The van der Waals surface area contributed by atoms with Gasteiger partial charge in [0, 0.05) is 12.4 Å². The van der Waals surface area contributed by atoms with E-state index in [0.29, 0.717) is 21.6 Å². The maximum absolute atomic E-state index is 12.8. The lowest BCUT2D eigenvalue weighted by Gasteiger charge is -2.10. The van der Waals surface area contributed by atoms with Gasteiger partial charge in [-0.3, -0.25) is 4.79 Å². The normalized spacial score (nSPS) is 13.5. The summed E-state index contributed by atoms with van der Waals surface area (Å²) in [7, 11) is -1.80. The number of aryl methyl sites for hydroxylation is 1. The number of thiazole rings is 1. The van der Waals surface area contributed by atoms with E-state index in [4.69, 9.17) is 0 Å². The van der Waals surface area contributed by atoms with Crippen molar-refractivity contribution in [2.75, 3.05) is 0 Å². The van der Waals surface area contributed by atoms with Crippen LogP contribution in [0.4, 0.5) is 0 Å². The zero-order chi connectivity index (χ0) is 17.8. The Morgan fingerprint density at radius 2 is 1.96 bits per heavy atom. The van der Waals surface area contributed by atoms with Gasteiger partial charge in [-0.15, -0.1) is 11.3 Å². The minimum absolute atomic E-state index is 0.268. The first kappa shape index (κ1) is 16.0. The standard InChI is InChI=1S/C16H14N4O3S2/c1-9(25(22,23)10-6-4-3-5-7-10)16-18-14-13(24-16)11-8-17-19-15(21)12(11)20(14)2/h3-9H,1-2H3,(H,19,21). The molecule has 9 heteroatoms. The summed E-state index contributed by atoms with van der Waals surface area (Å²) in [6, 6.07) is 8.33. The molecule has 7 nitrogen and oxygen atoms in total. The Morgan fingerprint density at radius 1 is 1.24 bits per heavy atom. The van der Waals surface area contributed by atoms with E-state index in [-0.39, 0.29) is 10.5 Å². The molecule has 0 spiro atoms. The number of hydrogen-bond acceptors (Lipinski definition) is 6. The molecule has 0 radical (unpaired) electrons. The second-order valence-electron chi connectivity index (χ2n) is 5.73. The molecule has 1 aromatic carbocycles. The lowest BCUT2D eigenvalue weighted by atomic mass is 10.4. The number of aromatic amines is 1. The third-order valence-corrected chi connectivity index (χ3v) is 7.73. The number of nitrogens with zero attached hydrogens (tertiary/aromatic N) is 3. The van der Waals surface area contributed by atoms with Crippen LogP contribution in [0.5, 0.6) is 0 Å². The van der Waals surface area contributed by atoms with E-state index in [9.17, 15) is 13.2 Å². The summed E-state index contributed by atoms with van der Waals surface area (Å²) < 4.78 is 28.1. The number of benzene rings is 1. The monoisotopic (exact) mass is 374 g/mol. The van der Waals surface area contributed by atoms with Gasteiger partial charge in [0.2, 0.25) is 0 Å². The summed E-state index contributed by atoms with van der Waals surface area (Å²) in [5.74, 6) is 0. The number of sulfone groups is 1. The van der Waals surface area contributed by atoms with Crippen molar-refractivity contribution in [3.8, 4) is 0 Å². The fraction of sp³-hybridized carbons (Fsp3) is 0.188. The molecule has 1 atom stereocenters. The van der Waals surface area contributed by atoms with E-state index in [2.05, 4.69) is 15.2 Å². The zero-order valence-electron chi connectivity index (χ0n) is 13.4. The first-order chi connectivity index (χ1) is 11.9. The molecule has 25 heavy (non-hydrogen) atoms. The Labute approximate surface area is 146 Å². The Bertz CT molecular complexity index is 1250. The molecule has 0 saturated heterocycles. The van der Waals surface area contributed by atoms with Crippen molar-refractivity contribution in [1.82, 2.24) is 19.7 Å². The van der Waals surface area contributed by atoms with Gasteiger partial charge in [0.25, 0.3) is 5.56 Å². The van der Waals surface area contributed by atoms with Gasteiger partial charge in [0.1, 0.15) is 15.8 Å². The molecule has 0 aliphatic carbocycles. The van der Waals surface area contributed by atoms with Crippen LogP contribution in [-0.4, -0.2) is 28.2 Å². The molecule has 0 saturated carbocycles. The Balaban J connectivity index is 1.90. The van der Waals surface area contributed by atoms with Crippen LogP contribution in [-0.2, 0) is 16.9 Å². The maximum atomic E-state index is 12.8. The van der Waals surface area contributed by atoms with E-state index in [1.54, 1.807) is 55.1 Å². The van der Waals surface area contributed by atoms with E-state index >= 15 is 0 Å². The molecule has 0 aliphatic rings. The van der Waals surface area contributed by atoms with Gasteiger partial charge in [-0.1, -0.05) is 18.2 Å². The molecular formula is C16H14N4O3S2. The number of hydrogen-bond donors (Lipinski definition) is 1. The Morgan fingerprint density at radius 3 is 2.68 bits per heavy atom. The largest absolute Gasteiger partial charge is 0.323 e. The molecule has 0 fully saturated rings. The van der Waals surface area contributed by atoms with Gasteiger partial charge in [0.15, 0.2) is 15.5 Å². The first-order valence-corrected chi connectivity index (χ1v) is 9.89. The number of nitrogens with one attached hydrogen (secondary N) is 1. The number of rotatable bonds is 3. The van der Waals surface area contributed by atoms with Crippen molar-refractivity contribution in [1.29, 1.82) is 0 Å². The summed E-state index contributed by atoms with van der Waals surface area (Å²) in [5, 5.41) is 6.63. The van der Waals surface area contributed by atoms with Crippen molar-refractivity contribution < 1.29 is 8.42 Å². The van der Waals surface area contributed by atoms with Gasteiger partial charge in [-0.05, 0) is 19.1 Å². The van der Waals surface area contributed by atoms with Crippen LogP contribution in [0, 0.1) is 0 Å². The highest BCUT2D eigenvalue weighted by atomic mass is 32.2. The summed E-state index contributed by atoms with van der Waals surface area (Å²) in [4.78, 5) is 16.7. The lowest BCUT2D eigenvalue weighted by molar-refractivity contribution is 0.586. The van der Waals surface area contributed by atoms with Crippen LogP contribution in [0.1, 0.15) is 17.2 Å². The second-order valence-corrected chi connectivity index (χ2v) is 9.02. The molecule has 4 aromatic rings. The highest BCUT2D eigenvalue weighted by Crippen LogP contribution is 2.37. The van der Waals surface area contributed by atoms with Gasteiger partial charge < -0.3 is 4.57 Å². The molecular weight excluding hydrogens is 360 g/mol. The predicted molar refractivity (Wildman–Crippen MR) is 96.6 cm³/mol. The van der Waals surface area contributed by atoms with E-state index in [0.717, 1.165) is 4.70 Å². The van der Waals surface area contributed by atoms with Gasteiger partial charge in [-0.2, -0.15) is 5.10 Å². The fourth-order valence-corrected chi connectivity index (χ4v) is 5.68. The number of H-pyrrole nitrogens is 1. The highest BCUT2D eigenvalue weighted by molar-refractivity contribution is 7.91. The summed E-state index contributed by atoms with van der Waals surface area (Å²) in [5.41, 5.74) is 0.772. The molecule has 128 valence electrons. The van der Waals surface area contributed by atoms with Crippen molar-refractivity contribution >= 4 is 42.4 Å². The maximum Gasteiger partial charge on any atom is 0.288 e. The number of aromatic nitrogens is 4. The van der Waals surface area contributed by atoms with E-state index in [1.807, 2.05) is 0 Å². The van der Waals surface area contributed by atoms with Crippen molar-refractivity contribution in [3.05, 3.63) is 51.9 Å². The van der Waals surface area contributed by atoms with E-state index in [1.165, 1.54) is 11.3 Å². The van der Waals surface area contributed by atoms with Gasteiger partial charge in [0.05, 0.1) is 15.8 Å². The number of fused-ring (bicyclic) bond motifs is 3. The SMILES string of the molecule is CC(c1nc2c(s1)c1cn[nH]c(=O)c1n2C)S(=O)(=O)c1ccccc1. The molecule has 0 bridgehead atoms. The third-order valence-electron chi connectivity index (χ3n) is 4.24. The zero-order valence-corrected chi connectivity index (χ0v) is 15.1. The van der Waals surface area contributed by atoms with Crippen LogP contribution in [0.15, 0.2) is 46.2 Å². The second kappa shape index (κ2) is 5.50. The Kier molecular flexibility index (Phi) is 3.51. The van der Waals surface area contributed by atoms with Crippen LogP contribution in [0.25, 0.3) is 21.3 Å². The summed E-state index contributed by atoms with van der Waals surface area (Å²) >= 11 is 1.28. The molecule has 4 rings (SSSR count). The molecule has 3 aromatic heterocycles. The van der Waals surface area contributed by atoms with Crippen molar-refractivity contribution in [2.24, 2.45) is 7.05 Å². The minimum atomic E-state index is -3.54. The topological polar surface area (TPSA) is 97.7 Å². The average Bonchev–Trinajstić information content (AvgIpc) is 3.15. The van der Waals surface area contributed by atoms with Crippen molar-refractivity contribution in [2.45, 2.75) is 17.1 Å². The van der Waals surface area contributed by atoms with Crippen LogP contribution in [0.2, 0.25) is 0 Å². The van der Waals surface area contributed by atoms with Crippen LogP contribution >= 0.6 is 11.3 Å². The van der Waals surface area contributed by atoms with Gasteiger partial charge >= 0.3 is 0 Å². The van der Waals surface area contributed by atoms with Gasteiger partial charge in [-0.25, -0.2) is 18.5 Å². The average molecular weight is 374 g/mol. The smallest absolute Gasteiger partial charge is 0.288 e. The fourth-order valence-electron chi connectivity index (χ4n) is 2.85. The summed E-state index contributed by atoms with van der Waals surface area (Å²) in [6.07, 6.45) is 1.57. The summed E-state index contributed by atoms with van der Waals surface area (Å²) in [6.45, 7) is 1.63. The van der Waals surface area contributed by atoms with Crippen molar-refractivity contribution in [3.63, 3.8) is 0 Å². The lowest BCUT2D eigenvalue weighted by Crippen LogP contribution is -2.11. The van der Waals surface area contributed by atoms with E-state index < -0.39 is 15.1 Å². The van der Waals surface area contributed by atoms with Crippen LogP contribution < -0.4 is 5.56 Å². The first-order valence-electron chi connectivity index (χ1n) is 7.52. The molecule has 1 N–H and O–H groups in total. The molecule has 3 heterocycles.